The summed E-state index contributed by atoms with van der Waals surface area (Å²) >= 11 is 0. The van der Waals surface area contributed by atoms with Gasteiger partial charge in [0, 0.05) is 6.20 Å². The van der Waals surface area contributed by atoms with E-state index in [1.165, 1.54) is 18.5 Å². The molecule has 0 bridgehead atoms. The largest absolute Gasteiger partial charge is 0.317 e. The number of hydrogen-bond donors (Lipinski definition) is 1. The maximum atomic E-state index is 4.62. The number of nitrogens with one attached hydrogen (secondary N) is 1. The molecular formula is C11H19N3. The highest BCUT2D eigenvalue weighted by molar-refractivity contribution is 5.04. The van der Waals surface area contributed by atoms with Crippen molar-refractivity contribution in [3.63, 3.8) is 0 Å². The Morgan fingerprint density at radius 2 is 2.14 bits per heavy atom. The van der Waals surface area contributed by atoms with Gasteiger partial charge in [-0.05, 0) is 37.9 Å². The fourth-order valence-electron chi connectivity index (χ4n) is 1.94. The molecule has 0 amide bonds. The van der Waals surface area contributed by atoms with Gasteiger partial charge in [-0.3, -0.25) is 4.68 Å². The zero-order valence-corrected chi connectivity index (χ0v) is 9.03. The second kappa shape index (κ2) is 4.13. The SMILES string of the molecule is CC(C)c1ccn(C2CCNCC2)n1. The summed E-state index contributed by atoms with van der Waals surface area (Å²) in [5, 5.41) is 8.00. The first-order chi connectivity index (χ1) is 6.77. The topological polar surface area (TPSA) is 29.9 Å². The number of hydrogen-bond acceptors (Lipinski definition) is 2. The molecule has 78 valence electrons. The normalized spacial score (nSPS) is 19.1. The average molecular weight is 193 g/mol. The molecule has 0 unspecified atom stereocenters. The molecule has 3 heteroatoms. The van der Waals surface area contributed by atoms with Gasteiger partial charge in [-0.1, -0.05) is 13.8 Å². The van der Waals surface area contributed by atoms with Gasteiger partial charge >= 0.3 is 0 Å². The van der Waals surface area contributed by atoms with E-state index in [2.05, 4.69) is 41.2 Å². The van der Waals surface area contributed by atoms with Gasteiger partial charge in [0.1, 0.15) is 0 Å². The molecule has 1 aliphatic rings. The molecule has 1 aromatic rings. The first kappa shape index (κ1) is 9.71. The second-order valence-electron chi connectivity index (χ2n) is 4.36. The van der Waals surface area contributed by atoms with Crippen molar-refractivity contribution in [2.75, 3.05) is 13.1 Å². The standard InChI is InChI=1S/C11H19N3/c1-9(2)11-5-8-14(13-11)10-3-6-12-7-4-10/h5,8-10,12H,3-4,6-7H2,1-2H3. The lowest BCUT2D eigenvalue weighted by molar-refractivity contribution is 0.341. The Kier molecular flexibility index (Phi) is 2.87. The molecule has 2 heterocycles. The van der Waals surface area contributed by atoms with Crippen molar-refractivity contribution in [1.82, 2.24) is 15.1 Å². The van der Waals surface area contributed by atoms with Crippen LogP contribution in [0, 0.1) is 0 Å². The average Bonchev–Trinajstić information content (AvgIpc) is 2.68. The van der Waals surface area contributed by atoms with Crippen LogP contribution in [0.3, 0.4) is 0 Å². The van der Waals surface area contributed by atoms with Crippen LogP contribution in [0.5, 0.6) is 0 Å². The lowest BCUT2D eigenvalue weighted by Crippen LogP contribution is -2.29. The maximum Gasteiger partial charge on any atom is 0.0650 e. The molecule has 3 nitrogen and oxygen atoms in total. The van der Waals surface area contributed by atoms with Crippen LogP contribution < -0.4 is 5.32 Å². The highest BCUT2D eigenvalue weighted by atomic mass is 15.3. The Morgan fingerprint density at radius 3 is 2.71 bits per heavy atom. The Bertz CT molecular complexity index is 284. The summed E-state index contributed by atoms with van der Waals surface area (Å²) in [5.41, 5.74) is 1.21. The summed E-state index contributed by atoms with van der Waals surface area (Å²) < 4.78 is 2.15. The summed E-state index contributed by atoms with van der Waals surface area (Å²) in [6.45, 7) is 6.63. The molecule has 0 atom stereocenters. The number of aromatic nitrogens is 2. The number of nitrogens with zero attached hydrogens (tertiary/aromatic N) is 2. The molecule has 1 aliphatic heterocycles. The van der Waals surface area contributed by atoms with Crippen molar-refractivity contribution < 1.29 is 0 Å². The van der Waals surface area contributed by atoms with Crippen molar-refractivity contribution in [2.24, 2.45) is 0 Å². The molecule has 0 aliphatic carbocycles. The molecule has 1 N–H and O–H groups in total. The third-order valence-electron chi connectivity index (χ3n) is 2.90. The summed E-state index contributed by atoms with van der Waals surface area (Å²) in [5.74, 6) is 0.540. The minimum atomic E-state index is 0.540. The summed E-state index contributed by atoms with van der Waals surface area (Å²) in [7, 11) is 0. The third-order valence-corrected chi connectivity index (χ3v) is 2.90. The highest BCUT2D eigenvalue weighted by Crippen LogP contribution is 2.19. The molecule has 0 radical (unpaired) electrons. The lowest BCUT2D eigenvalue weighted by Gasteiger charge is -2.22. The fourth-order valence-corrected chi connectivity index (χ4v) is 1.94. The molecule has 0 aromatic carbocycles. The molecule has 0 saturated carbocycles. The predicted molar refractivity (Wildman–Crippen MR) is 57.5 cm³/mol. The quantitative estimate of drug-likeness (QED) is 0.777. The number of piperidine rings is 1. The molecule has 0 spiro atoms. The van der Waals surface area contributed by atoms with Crippen LogP contribution in [-0.2, 0) is 0 Å². The van der Waals surface area contributed by atoms with E-state index in [1.807, 2.05) is 0 Å². The van der Waals surface area contributed by atoms with Crippen molar-refractivity contribution >= 4 is 0 Å². The van der Waals surface area contributed by atoms with Gasteiger partial charge in [-0.25, -0.2) is 0 Å². The van der Waals surface area contributed by atoms with E-state index < -0.39 is 0 Å². The second-order valence-corrected chi connectivity index (χ2v) is 4.36. The first-order valence-corrected chi connectivity index (χ1v) is 5.53. The van der Waals surface area contributed by atoms with Gasteiger partial charge in [-0.15, -0.1) is 0 Å². The van der Waals surface area contributed by atoms with Crippen LogP contribution in [0.2, 0.25) is 0 Å². The van der Waals surface area contributed by atoms with Crippen LogP contribution in [0.4, 0.5) is 0 Å². The Morgan fingerprint density at radius 1 is 1.43 bits per heavy atom. The van der Waals surface area contributed by atoms with Gasteiger partial charge in [0.25, 0.3) is 0 Å². The van der Waals surface area contributed by atoms with Gasteiger partial charge in [0.2, 0.25) is 0 Å². The Hall–Kier alpha value is -0.830. The zero-order valence-electron chi connectivity index (χ0n) is 9.03. The smallest absolute Gasteiger partial charge is 0.0650 e. The highest BCUT2D eigenvalue weighted by Gasteiger charge is 2.15. The van der Waals surface area contributed by atoms with Crippen LogP contribution >= 0.6 is 0 Å². The van der Waals surface area contributed by atoms with E-state index in [9.17, 15) is 0 Å². The number of rotatable bonds is 2. The van der Waals surface area contributed by atoms with Gasteiger partial charge in [0.15, 0.2) is 0 Å². The van der Waals surface area contributed by atoms with Gasteiger partial charge in [0.05, 0.1) is 11.7 Å². The van der Waals surface area contributed by atoms with Gasteiger partial charge < -0.3 is 5.32 Å². The third kappa shape index (κ3) is 1.98. The Labute approximate surface area is 85.5 Å². The minimum Gasteiger partial charge on any atom is -0.317 e. The van der Waals surface area contributed by atoms with Crippen LogP contribution in [0.15, 0.2) is 12.3 Å². The minimum absolute atomic E-state index is 0.540. The van der Waals surface area contributed by atoms with E-state index >= 15 is 0 Å². The van der Waals surface area contributed by atoms with Crippen molar-refractivity contribution in [1.29, 1.82) is 0 Å². The summed E-state index contributed by atoms with van der Waals surface area (Å²) in [6.07, 6.45) is 4.55. The monoisotopic (exact) mass is 193 g/mol. The fraction of sp³-hybridized carbons (Fsp3) is 0.727. The molecule has 14 heavy (non-hydrogen) atoms. The molecular weight excluding hydrogens is 174 g/mol. The van der Waals surface area contributed by atoms with Crippen molar-refractivity contribution in [2.45, 2.75) is 38.6 Å². The van der Waals surface area contributed by atoms with E-state index in [0.717, 1.165) is 13.1 Å². The molecule has 2 rings (SSSR count). The van der Waals surface area contributed by atoms with Gasteiger partial charge in [-0.2, -0.15) is 5.10 Å². The molecule has 1 aromatic heterocycles. The maximum absolute atomic E-state index is 4.62. The Balaban J connectivity index is 2.07. The van der Waals surface area contributed by atoms with Crippen LogP contribution in [0.25, 0.3) is 0 Å². The molecule has 1 fully saturated rings. The predicted octanol–water partition coefficient (Wildman–Crippen LogP) is 1.93. The van der Waals surface area contributed by atoms with E-state index in [-0.39, 0.29) is 0 Å². The van der Waals surface area contributed by atoms with E-state index in [0.29, 0.717) is 12.0 Å². The molecule has 1 saturated heterocycles. The van der Waals surface area contributed by atoms with Crippen LogP contribution in [-0.4, -0.2) is 22.9 Å². The van der Waals surface area contributed by atoms with Crippen LogP contribution in [0.1, 0.15) is 44.3 Å². The lowest BCUT2D eigenvalue weighted by atomic mass is 10.1. The summed E-state index contributed by atoms with van der Waals surface area (Å²) in [4.78, 5) is 0. The summed E-state index contributed by atoms with van der Waals surface area (Å²) in [6, 6.07) is 2.76. The zero-order chi connectivity index (χ0) is 9.97. The first-order valence-electron chi connectivity index (χ1n) is 5.53. The van der Waals surface area contributed by atoms with E-state index in [4.69, 9.17) is 0 Å². The van der Waals surface area contributed by atoms with E-state index in [1.54, 1.807) is 0 Å². The van der Waals surface area contributed by atoms with Crippen molar-refractivity contribution in [3.8, 4) is 0 Å². The van der Waals surface area contributed by atoms with Crippen molar-refractivity contribution in [3.05, 3.63) is 18.0 Å².